The van der Waals surface area contributed by atoms with Crippen molar-refractivity contribution in [2.75, 3.05) is 13.7 Å². The van der Waals surface area contributed by atoms with Crippen LogP contribution in [0.25, 0.3) is 0 Å². The highest BCUT2D eigenvalue weighted by atomic mass is 32.1. The van der Waals surface area contributed by atoms with Crippen molar-refractivity contribution < 1.29 is 19.1 Å². The van der Waals surface area contributed by atoms with Gasteiger partial charge in [-0.1, -0.05) is 54.6 Å². The summed E-state index contributed by atoms with van der Waals surface area (Å²) < 4.78 is 5.18. The van der Waals surface area contributed by atoms with Crippen LogP contribution in [0.15, 0.2) is 72.1 Å². The van der Waals surface area contributed by atoms with E-state index in [9.17, 15) is 14.4 Å². The third-order valence-corrected chi connectivity index (χ3v) is 5.01. The molecule has 1 aromatic heterocycles. The first-order chi connectivity index (χ1) is 13.6. The fourth-order valence-electron chi connectivity index (χ4n) is 2.64. The van der Waals surface area contributed by atoms with Gasteiger partial charge >= 0.3 is 5.97 Å². The summed E-state index contributed by atoms with van der Waals surface area (Å²) in [5.74, 6) is -1.28. The average molecular weight is 393 g/mol. The van der Waals surface area contributed by atoms with E-state index in [0.717, 1.165) is 4.88 Å². The van der Waals surface area contributed by atoms with Crippen LogP contribution in [0, 0.1) is 0 Å². The number of carbonyl (C=O) groups excluding carboxylic acids is 3. The maximum Gasteiger partial charge on any atom is 0.339 e. The highest BCUT2D eigenvalue weighted by molar-refractivity contribution is 7.09. The van der Waals surface area contributed by atoms with Gasteiger partial charge in [0, 0.05) is 23.1 Å². The summed E-state index contributed by atoms with van der Waals surface area (Å²) in [6.07, 6.45) is 0. The van der Waals surface area contributed by atoms with Crippen LogP contribution >= 0.6 is 11.3 Å². The number of hydrogen-bond donors (Lipinski definition) is 0. The lowest BCUT2D eigenvalue weighted by Crippen LogP contribution is -2.30. The average Bonchev–Trinajstić information content (AvgIpc) is 3.24. The summed E-state index contributed by atoms with van der Waals surface area (Å²) in [6.45, 7) is 0.0751. The van der Waals surface area contributed by atoms with Crippen molar-refractivity contribution in [2.24, 2.45) is 0 Å². The molecule has 0 saturated carbocycles. The van der Waals surface area contributed by atoms with Gasteiger partial charge in [-0.15, -0.1) is 11.3 Å². The Bertz CT molecular complexity index is 967. The minimum absolute atomic E-state index is 0.144. The van der Waals surface area contributed by atoms with Crippen molar-refractivity contribution in [1.29, 1.82) is 0 Å². The molecular weight excluding hydrogens is 374 g/mol. The molecule has 0 aliphatic carbocycles. The molecule has 28 heavy (non-hydrogen) atoms. The van der Waals surface area contributed by atoms with Crippen molar-refractivity contribution in [3.8, 4) is 0 Å². The molecule has 142 valence electrons. The molecule has 0 aliphatic rings. The molecule has 0 fully saturated rings. The van der Waals surface area contributed by atoms with E-state index in [0.29, 0.717) is 12.1 Å². The molecule has 6 heteroatoms. The SMILES string of the molecule is CN(Cc1cccs1)C(=O)COC(=O)c1ccccc1C(=O)c1ccccc1. The molecule has 1 amide bonds. The second-order valence-corrected chi connectivity index (χ2v) is 7.18. The molecule has 1 heterocycles. The van der Waals surface area contributed by atoms with Crippen molar-refractivity contribution in [2.45, 2.75) is 6.54 Å². The van der Waals surface area contributed by atoms with Crippen molar-refractivity contribution in [3.05, 3.63) is 93.7 Å². The minimum Gasteiger partial charge on any atom is -0.452 e. The molecule has 3 aromatic rings. The van der Waals surface area contributed by atoms with Gasteiger partial charge in [0.1, 0.15) is 0 Å². The lowest BCUT2D eigenvalue weighted by Gasteiger charge is -2.16. The standard InChI is InChI=1S/C22H19NO4S/c1-23(14-17-10-7-13-28-17)20(24)15-27-22(26)19-12-6-5-11-18(19)21(25)16-8-3-2-4-9-16/h2-13H,14-15H2,1H3. The molecule has 0 N–H and O–H groups in total. The number of benzene rings is 2. The van der Waals surface area contributed by atoms with Gasteiger partial charge in [0.2, 0.25) is 0 Å². The van der Waals surface area contributed by atoms with E-state index in [1.54, 1.807) is 60.8 Å². The Labute approximate surface area is 167 Å². The van der Waals surface area contributed by atoms with Gasteiger partial charge in [0.25, 0.3) is 5.91 Å². The number of likely N-dealkylation sites (N-methyl/N-ethyl adjacent to an activating group) is 1. The van der Waals surface area contributed by atoms with Gasteiger partial charge in [0.05, 0.1) is 12.1 Å². The molecular formula is C22H19NO4S. The molecule has 2 aromatic carbocycles. The van der Waals surface area contributed by atoms with E-state index in [1.807, 2.05) is 23.6 Å². The van der Waals surface area contributed by atoms with Crippen molar-refractivity contribution in [3.63, 3.8) is 0 Å². The highest BCUT2D eigenvalue weighted by Crippen LogP contribution is 2.16. The van der Waals surface area contributed by atoms with Gasteiger partial charge in [-0.3, -0.25) is 9.59 Å². The summed E-state index contributed by atoms with van der Waals surface area (Å²) in [7, 11) is 1.66. The summed E-state index contributed by atoms with van der Waals surface area (Å²) in [4.78, 5) is 40.0. The maximum absolute atomic E-state index is 12.7. The Kier molecular flexibility index (Phi) is 6.34. The molecule has 3 rings (SSSR count). The second kappa shape index (κ2) is 9.10. The van der Waals surface area contributed by atoms with Crippen LogP contribution in [0.4, 0.5) is 0 Å². The molecule has 0 aliphatic heterocycles. The monoisotopic (exact) mass is 393 g/mol. The van der Waals surface area contributed by atoms with Crippen LogP contribution in [0.5, 0.6) is 0 Å². The maximum atomic E-state index is 12.7. The molecule has 0 spiro atoms. The molecule has 0 atom stereocenters. The zero-order chi connectivity index (χ0) is 19.9. The van der Waals surface area contributed by atoms with Gasteiger partial charge < -0.3 is 9.64 Å². The molecule has 0 radical (unpaired) electrons. The van der Waals surface area contributed by atoms with E-state index in [-0.39, 0.29) is 29.4 Å². The lowest BCUT2D eigenvalue weighted by atomic mass is 9.98. The van der Waals surface area contributed by atoms with Gasteiger partial charge in [-0.25, -0.2) is 4.79 Å². The number of ether oxygens (including phenoxy) is 1. The van der Waals surface area contributed by atoms with E-state index >= 15 is 0 Å². The Hall–Kier alpha value is -3.25. The number of esters is 1. The second-order valence-electron chi connectivity index (χ2n) is 6.15. The van der Waals surface area contributed by atoms with Crippen LogP contribution in [-0.4, -0.2) is 36.2 Å². The molecule has 0 unspecified atom stereocenters. The largest absolute Gasteiger partial charge is 0.452 e. The number of amides is 1. The van der Waals surface area contributed by atoms with Crippen LogP contribution < -0.4 is 0 Å². The van der Waals surface area contributed by atoms with Gasteiger partial charge in [-0.2, -0.15) is 0 Å². The number of nitrogens with zero attached hydrogens (tertiary/aromatic N) is 1. The molecule has 0 saturated heterocycles. The van der Waals surface area contributed by atoms with Gasteiger partial charge in [-0.05, 0) is 17.5 Å². The Morgan fingerprint density at radius 2 is 1.57 bits per heavy atom. The zero-order valence-corrected chi connectivity index (χ0v) is 16.1. The Morgan fingerprint density at radius 3 is 2.25 bits per heavy atom. The van der Waals surface area contributed by atoms with E-state index in [2.05, 4.69) is 0 Å². The van der Waals surface area contributed by atoms with E-state index in [4.69, 9.17) is 4.74 Å². The van der Waals surface area contributed by atoms with Crippen LogP contribution in [0.3, 0.4) is 0 Å². The number of thiophene rings is 1. The molecule has 0 bridgehead atoms. The van der Waals surface area contributed by atoms with Gasteiger partial charge in [0.15, 0.2) is 12.4 Å². The smallest absolute Gasteiger partial charge is 0.339 e. The first-order valence-corrected chi connectivity index (χ1v) is 9.56. The summed E-state index contributed by atoms with van der Waals surface area (Å²) in [5, 5.41) is 1.94. The number of rotatable bonds is 7. The fraction of sp³-hybridized carbons (Fsp3) is 0.136. The third kappa shape index (κ3) is 4.72. The summed E-state index contributed by atoms with van der Waals surface area (Å²) in [5.41, 5.74) is 0.873. The van der Waals surface area contributed by atoms with Crippen molar-refractivity contribution >= 4 is 29.0 Å². The zero-order valence-electron chi connectivity index (χ0n) is 15.3. The minimum atomic E-state index is -0.697. The first-order valence-electron chi connectivity index (χ1n) is 8.68. The quantitative estimate of drug-likeness (QED) is 0.452. The van der Waals surface area contributed by atoms with Crippen LogP contribution in [0.2, 0.25) is 0 Å². The Morgan fingerprint density at radius 1 is 0.893 bits per heavy atom. The highest BCUT2D eigenvalue weighted by Gasteiger charge is 2.20. The number of carbonyl (C=O) groups is 3. The van der Waals surface area contributed by atoms with Crippen molar-refractivity contribution in [1.82, 2.24) is 4.90 Å². The topological polar surface area (TPSA) is 63.7 Å². The number of hydrogen-bond acceptors (Lipinski definition) is 5. The Balaban J connectivity index is 1.66. The fourth-order valence-corrected chi connectivity index (χ4v) is 3.40. The van der Waals surface area contributed by atoms with Crippen LogP contribution in [-0.2, 0) is 16.1 Å². The number of ketones is 1. The lowest BCUT2D eigenvalue weighted by molar-refractivity contribution is -0.133. The van der Waals surface area contributed by atoms with Crippen LogP contribution in [0.1, 0.15) is 31.2 Å². The third-order valence-electron chi connectivity index (χ3n) is 4.15. The normalized spacial score (nSPS) is 10.3. The summed E-state index contributed by atoms with van der Waals surface area (Å²) in [6, 6.07) is 19.0. The van der Waals surface area contributed by atoms with E-state index in [1.165, 1.54) is 11.0 Å². The van der Waals surface area contributed by atoms with E-state index < -0.39 is 5.97 Å². The first kappa shape index (κ1) is 19.5. The predicted molar refractivity (Wildman–Crippen MR) is 107 cm³/mol. The summed E-state index contributed by atoms with van der Waals surface area (Å²) >= 11 is 1.55. The molecule has 5 nitrogen and oxygen atoms in total. The predicted octanol–water partition coefficient (Wildman–Crippen LogP) is 3.79.